The molecule has 1 amide bonds. The molecule has 154 valence electrons. The van der Waals surface area contributed by atoms with Gasteiger partial charge in [-0.25, -0.2) is 0 Å². The number of rotatable bonds is 8. The Morgan fingerprint density at radius 3 is 2.45 bits per heavy atom. The summed E-state index contributed by atoms with van der Waals surface area (Å²) in [6, 6.07) is 11.8. The fourth-order valence-electron chi connectivity index (χ4n) is 3.02. The smallest absolute Gasteiger partial charge is 0.252 e. The Labute approximate surface area is 174 Å². The van der Waals surface area contributed by atoms with Gasteiger partial charge in [0.05, 0.1) is 37.5 Å². The average molecular weight is 415 g/mol. The number of benzene rings is 2. The van der Waals surface area contributed by atoms with Crippen LogP contribution in [0.4, 0.5) is 0 Å². The van der Waals surface area contributed by atoms with Crippen molar-refractivity contribution in [3.8, 4) is 11.5 Å². The van der Waals surface area contributed by atoms with Crippen LogP contribution in [-0.4, -0.2) is 37.9 Å². The molecule has 0 N–H and O–H groups in total. The van der Waals surface area contributed by atoms with Crippen LogP contribution in [-0.2, 0) is 22.5 Å². The fourth-order valence-corrected chi connectivity index (χ4v) is 4.11. The van der Waals surface area contributed by atoms with E-state index in [0.29, 0.717) is 36.1 Å². The minimum atomic E-state index is -0.176. The van der Waals surface area contributed by atoms with Gasteiger partial charge in [0.1, 0.15) is 0 Å². The number of hydrogen-bond acceptors (Lipinski definition) is 5. The molecule has 0 unspecified atom stereocenters. The van der Waals surface area contributed by atoms with Gasteiger partial charge < -0.3 is 18.8 Å². The van der Waals surface area contributed by atoms with Gasteiger partial charge in [-0.3, -0.25) is 4.79 Å². The SMILES string of the molecule is CCOCCn1c(=NC(=O)Cc2ccc(C)cc2)sc2cc(OC)c(OC)cc21. The Bertz CT molecular complexity index is 1050. The Morgan fingerprint density at radius 1 is 1.10 bits per heavy atom. The normalized spacial score (nSPS) is 11.8. The van der Waals surface area contributed by atoms with Crippen LogP contribution in [0.2, 0.25) is 0 Å². The van der Waals surface area contributed by atoms with E-state index < -0.39 is 0 Å². The first-order valence-corrected chi connectivity index (χ1v) is 10.3. The van der Waals surface area contributed by atoms with Gasteiger partial charge in [0.15, 0.2) is 16.3 Å². The molecule has 0 saturated heterocycles. The number of fused-ring (bicyclic) bond motifs is 1. The van der Waals surface area contributed by atoms with Crippen LogP contribution in [0.25, 0.3) is 10.2 Å². The zero-order valence-electron chi connectivity index (χ0n) is 17.2. The first-order valence-electron chi connectivity index (χ1n) is 9.52. The van der Waals surface area contributed by atoms with Gasteiger partial charge in [0.2, 0.25) is 0 Å². The Hall–Kier alpha value is -2.64. The van der Waals surface area contributed by atoms with E-state index in [1.807, 2.05) is 54.8 Å². The molecule has 29 heavy (non-hydrogen) atoms. The van der Waals surface area contributed by atoms with Gasteiger partial charge in [-0.15, -0.1) is 0 Å². The van der Waals surface area contributed by atoms with Crippen LogP contribution in [0.15, 0.2) is 41.4 Å². The number of carbonyl (C=O) groups excluding carboxylic acids is 1. The number of ether oxygens (including phenoxy) is 3. The fraction of sp³-hybridized carbons (Fsp3) is 0.364. The summed E-state index contributed by atoms with van der Waals surface area (Å²) < 4.78 is 19.4. The quantitative estimate of drug-likeness (QED) is 0.527. The first-order chi connectivity index (χ1) is 14.0. The lowest BCUT2D eigenvalue weighted by Crippen LogP contribution is -2.20. The topological polar surface area (TPSA) is 62.1 Å². The molecule has 0 aliphatic carbocycles. The van der Waals surface area contributed by atoms with Crippen molar-refractivity contribution in [1.29, 1.82) is 0 Å². The molecule has 0 fully saturated rings. The highest BCUT2D eigenvalue weighted by Gasteiger charge is 2.13. The first kappa shape index (κ1) is 21.1. The number of hydrogen-bond donors (Lipinski definition) is 0. The van der Waals surface area contributed by atoms with E-state index in [2.05, 4.69) is 4.99 Å². The van der Waals surface area contributed by atoms with Gasteiger partial charge in [-0.1, -0.05) is 41.2 Å². The molecule has 7 heteroatoms. The predicted molar refractivity (Wildman–Crippen MR) is 115 cm³/mol. The van der Waals surface area contributed by atoms with Crippen molar-refractivity contribution in [2.75, 3.05) is 27.4 Å². The lowest BCUT2D eigenvalue weighted by atomic mass is 10.1. The molecule has 0 spiro atoms. The molecule has 0 aliphatic heterocycles. The van der Waals surface area contributed by atoms with Crippen molar-refractivity contribution in [2.45, 2.75) is 26.8 Å². The summed E-state index contributed by atoms with van der Waals surface area (Å²) in [5, 5.41) is 0. The Kier molecular flexibility index (Phi) is 7.06. The highest BCUT2D eigenvalue weighted by Crippen LogP contribution is 2.33. The van der Waals surface area contributed by atoms with Crippen molar-refractivity contribution in [1.82, 2.24) is 4.57 Å². The largest absolute Gasteiger partial charge is 0.493 e. The number of carbonyl (C=O) groups is 1. The molecular formula is C22H26N2O4S. The van der Waals surface area contributed by atoms with Crippen molar-refractivity contribution in [3.63, 3.8) is 0 Å². The number of amides is 1. The molecule has 2 aromatic carbocycles. The van der Waals surface area contributed by atoms with Crippen LogP contribution in [0.5, 0.6) is 11.5 Å². The van der Waals surface area contributed by atoms with Crippen molar-refractivity contribution < 1.29 is 19.0 Å². The Morgan fingerprint density at radius 2 is 1.79 bits per heavy atom. The molecular weight excluding hydrogens is 388 g/mol. The maximum absolute atomic E-state index is 12.6. The summed E-state index contributed by atoms with van der Waals surface area (Å²) in [7, 11) is 3.22. The van der Waals surface area contributed by atoms with E-state index >= 15 is 0 Å². The second-order valence-corrected chi connectivity index (χ2v) is 7.59. The summed E-state index contributed by atoms with van der Waals surface area (Å²) >= 11 is 1.46. The number of nitrogens with zero attached hydrogens (tertiary/aromatic N) is 2. The summed E-state index contributed by atoms with van der Waals surface area (Å²) in [6.45, 7) is 5.76. The highest BCUT2D eigenvalue weighted by molar-refractivity contribution is 7.16. The molecule has 3 aromatic rings. The molecule has 1 heterocycles. The predicted octanol–water partition coefficient (Wildman–Crippen LogP) is 3.73. The van der Waals surface area contributed by atoms with E-state index in [-0.39, 0.29) is 12.3 Å². The van der Waals surface area contributed by atoms with E-state index in [9.17, 15) is 4.79 Å². The van der Waals surface area contributed by atoms with E-state index in [0.717, 1.165) is 15.8 Å². The van der Waals surface area contributed by atoms with E-state index in [4.69, 9.17) is 14.2 Å². The molecule has 0 atom stereocenters. The molecule has 0 radical (unpaired) electrons. The Balaban J connectivity index is 2.01. The summed E-state index contributed by atoms with van der Waals surface area (Å²) in [5.74, 6) is 1.11. The molecule has 6 nitrogen and oxygen atoms in total. The van der Waals surface area contributed by atoms with Crippen LogP contribution >= 0.6 is 11.3 Å². The monoisotopic (exact) mass is 414 g/mol. The van der Waals surface area contributed by atoms with Gasteiger partial charge in [0.25, 0.3) is 5.91 Å². The zero-order chi connectivity index (χ0) is 20.8. The third kappa shape index (κ3) is 5.05. The van der Waals surface area contributed by atoms with Gasteiger partial charge >= 0.3 is 0 Å². The molecule has 0 bridgehead atoms. The number of aromatic nitrogens is 1. The number of aryl methyl sites for hydroxylation is 1. The lowest BCUT2D eigenvalue weighted by molar-refractivity contribution is -0.117. The third-order valence-electron chi connectivity index (χ3n) is 4.55. The lowest BCUT2D eigenvalue weighted by Gasteiger charge is -2.09. The van der Waals surface area contributed by atoms with Crippen molar-refractivity contribution >= 4 is 27.5 Å². The summed E-state index contributed by atoms with van der Waals surface area (Å²) in [4.78, 5) is 17.7. The minimum absolute atomic E-state index is 0.176. The van der Waals surface area contributed by atoms with Crippen LogP contribution in [0.1, 0.15) is 18.1 Å². The maximum atomic E-state index is 12.6. The van der Waals surface area contributed by atoms with Crippen LogP contribution in [0, 0.1) is 6.92 Å². The van der Waals surface area contributed by atoms with Crippen LogP contribution < -0.4 is 14.3 Å². The van der Waals surface area contributed by atoms with Crippen molar-refractivity contribution in [3.05, 3.63) is 52.3 Å². The van der Waals surface area contributed by atoms with Gasteiger partial charge in [-0.2, -0.15) is 4.99 Å². The summed E-state index contributed by atoms with van der Waals surface area (Å²) in [6.07, 6.45) is 0.270. The standard InChI is InChI=1S/C22H26N2O4S/c1-5-28-11-10-24-17-13-18(26-3)19(27-4)14-20(17)29-22(24)23-21(25)12-16-8-6-15(2)7-9-16/h6-9,13-14H,5,10-12H2,1-4H3. The molecule has 0 aliphatic rings. The molecule has 0 saturated carbocycles. The maximum Gasteiger partial charge on any atom is 0.252 e. The third-order valence-corrected chi connectivity index (χ3v) is 5.59. The number of thiazole rings is 1. The highest BCUT2D eigenvalue weighted by atomic mass is 32.1. The van der Waals surface area contributed by atoms with E-state index in [1.54, 1.807) is 14.2 Å². The average Bonchev–Trinajstić information content (AvgIpc) is 3.04. The molecule has 3 rings (SSSR count). The second-order valence-electron chi connectivity index (χ2n) is 6.58. The number of methoxy groups -OCH3 is 2. The second kappa shape index (κ2) is 9.71. The van der Waals surface area contributed by atoms with Gasteiger partial charge in [0, 0.05) is 25.3 Å². The summed E-state index contributed by atoms with van der Waals surface area (Å²) in [5.41, 5.74) is 3.06. The van der Waals surface area contributed by atoms with E-state index in [1.165, 1.54) is 16.9 Å². The zero-order valence-corrected chi connectivity index (χ0v) is 18.0. The van der Waals surface area contributed by atoms with Crippen LogP contribution in [0.3, 0.4) is 0 Å². The minimum Gasteiger partial charge on any atom is -0.493 e. The van der Waals surface area contributed by atoms with Crippen molar-refractivity contribution in [2.24, 2.45) is 4.99 Å². The molecule has 1 aromatic heterocycles. The van der Waals surface area contributed by atoms with Gasteiger partial charge in [-0.05, 0) is 19.4 Å².